The van der Waals surface area contributed by atoms with E-state index in [0.717, 1.165) is 5.56 Å². The molecule has 0 aromatic heterocycles. The summed E-state index contributed by atoms with van der Waals surface area (Å²) in [6.07, 6.45) is 0.242. The van der Waals surface area contributed by atoms with Crippen molar-refractivity contribution in [2.45, 2.75) is 24.3 Å². The summed E-state index contributed by atoms with van der Waals surface area (Å²) >= 11 is 0. The lowest BCUT2D eigenvalue weighted by atomic mass is 10.1. The van der Waals surface area contributed by atoms with Crippen LogP contribution in [0.5, 0.6) is 0 Å². The minimum absolute atomic E-state index is 0.0566. The number of nitrogens with one attached hydrogen (secondary N) is 1. The average Bonchev–Trinajstić information content (AvgIpc) is 2.60. The van der Waals surface area contributed by atoms with Gasteiger partial charge in [-0.1, -0.05) is 30.3 Å². The Kier molecular flexibility index (Phi) is 6.14. The summed E-state index contributed by atoms with van der Waals surface area (Å²) in [5.74, 6) is -0.330. The molecule has 7 heteroatoms. The Morgan fingerprint density at radius 2 is 1.85 bits per heavy atom. The summed E-state index contributed by atoms with van der Waals surface area (Å²) < 4.78 is 28.1. The molecule has 1 amide bonds. The van der Waals surface area contributed by atoms with Gasteiger partial charge in [-0.3, -0.25) is 4.79 Å². The summed E-state index contributed by atoms with van der Waals surface area (Å²) in [5, 5.41) is 8.93. The van der Waals surface area contributed by atoms with E-state index in [1.807, 2.05) is 36.4 Å². The Morgan fingerprint density at radius 1 is 1.19 bits per heavy atom. The zero-order chi connectivity index (χ0) is 19.3. The minimum atomic E-state index is -3.92. The standard InChI is InChI=1S/C19H21N3O3S/c1-14-11-16(13-20)9-10-18(14)26(24,25)21-17(19(23)22(2)3)12-15-7-5-4-6-8-15/h4-11,17,21H,12H2,1-3H3/t17-/m1/s1. The molecule has 2 aromatic rings. The van der Waals surface area contributed by atoms with Crippen molar-refractivity contribution < 1.29 is 13.2 Å². The highest BCUT2D eigenvalue weighted by Gasteiger charge is 2.28. The van der Waals surface area contributed by atoms with E-state index in [4.69, 9.17) is 5.26 Å². The van der Waals surface area contributed by atoms with Crippen LogP contribution in [0, 0.1) is 18.3 Å². The van der Waals surface area contributed by atoms with Gasteiger partial charge >= 0.3 is 0 Å². The molecule has 2 rings (SSSR count). The lowest BCUT2D eigenvalue weighted by Gasteiger charge is -2.22. The van der Waals surface area contributed by atoms with Crippen molar-refractivity contribution in [2.75, 3.05) is 14.1 Å². The van der Waals surface area contributed by atoms with Gasteiger partial charge in [-0.15, -0.1) is 0 Å². The molecule has 0 unspecified atom stereocenters. The van der Waals surface area contributed by atoms with E-state index in [1.54, 1.807) is 21.0 Å². The van der Waals surface area contributed by atoms with Gasteiger partial charge < -0.3 is 4.90 Å². The van der Waals surface area contributed by atoms with Crippen LogP contribution in [0.3, 0.4) is 0 Å². The van der Waals surface area contributed by atoms with Crippen LogP contribution in [0.4, 0.5) is 0 Å². The highest BCUT2D eigenvalue weighted by molar-refractivity contribution is 7.89. The molecule has 0 fully saturated rings. The smallest absolute Gasteiger partial charge is 0.241 e. The number of nitrogens with zero attached hydrogens (tertiary/aromatic N) is 2. The number of hydrogen-bond acceptors (Lipinski definition) is 4. The third kappa shape index (κ3) is 4.69. The molecular weight excluding hydrogens is 350 g/mol. The third-order valence-electron chi connectivity index (χ3n) is 3.91. The van der Waals surface area contributed by atoms with Crippen LogP contribution in [-0.4, -0.2) is 39.4 Å². The van der Waals surface area contributed by atoms with Crippen LogP contribution in [0.1, 0.15) is 16.7 Å². The highest BCUT2D eigenvalue weighted by atomic mass is 32.2. The van der Waals surface area contributed by atoms with Gasteiger partial charge in [-0.2, -0.15) is 9.98 Å². The maximum absolute atomic E-state index is 12.8. The van der Waals surface area contributed by atoms with E-state index in [-0.39, 0.29) is 17.2 Å². The predicted octanol–water partition coefficient (Wildman–Crippen LogP) is 1.84. The van der Waals surface area contributed by atoms with Crippen LogP contribution in [0.25, 0.3) is 0 Å². The maximum Gasteiger partial charge on any atom is 0.241 e. The van der Waals surface area contributed by atoms with E-state index >= 15 is 0 Å². The second kappa shape index (κ2) is 8.13. The zero-order valence-corrected chi connectivity index (χ0v) is 15.7. The number of carbonyl (C=O) groups excluding carboxylic acids is 1. The van der Waals surface area contributed by atoms with Crippen molar-refractivity contribution in [2.24, 2.45) is 0 Å². The fraction of sp³-hybridized carbons (Fsp3) is 0.263. The molecule has 1 atom stereocenters. The monoisotopic (exact) mass is 371 g/mol. The molecule has 26 heavy (non-hydrogen) atoms. The van der Waals surface area contributed by atoms with Crippen molar-refractivity contribution in [3.63, 3.8) is 0 Å². The second-order valence-corrected chi connectivity index (χ2v) is 7.87. The van der Waals surface area contributed by atoms with Crippen LogP contribution in [0.15, 0.2) is 53.4 Å². The van der Waals surface area contributed by atoms with E-state index < -0.39 is 16.1 Å². The van der Waals surface area contributed by atoms with Crippen LogP contribution in [0.2, 0.25) is 0 Å². The number of aryl methyl sites for hydroxylation is 1. The molecule has 0 aliphatic heterocycles. The third-order valence-corrected chi connectivity index (χ3v) is 5.54. The Hall–Kier alpha value is -2.69. The second-order valence-electron chi connectivity index (χ2n) is 6.19. The number of sulfonamides is 1. The van der Waals surface area contributed by atoms with Crippen LogP contribution in [-0.2, 0) is 21.2 Å². The first-order chi connectivity index (χ1) is 12.2. The molecule has 0 saturated carbocycles. The fourth-order valence-electron chi connectivity index (χ4n) is 2.61. The number of hydrogen-bond donors (Lipinski definition) is 1. The van der Waals surface area contributed by atoms with Gasteiger partial charge in [0.05, 0.1) is 16.5 Å². The molecule has 136 valence electrons. The SMILES string of the molecule is Cc1cc(C#N)ccc1S(=O)(=O)N[C@H](Cc1ccccc1)C(=O)N(C)C. The van der Waals surface area contributed by atoms with Crippen molar-refractivity contribution in [1.82, 2.24) is 9.62 Å². The molecule has 2 aromatic carbocycles. The largest absolute Gasteiger partial charge is 0.347 e. The van der Waals surface area contributed by atoms with Gasteiger partial charge in [-0.05, 0) is 42.7 Å². The quantitative estimate of drug-likeness (QED) is 0.839. The number of carbonyl (C=O) groups is 1. The molecule has 0 spiro atoms. The topological polar surface area (TPSA) is 90.3 Å². The van der Waals surface area contributed by atoms with Gasteiger partial charge in [-0.25, -0.2) is 8.42 Å². The van der Waals surface area contributed by atoms with Gasteiger partial charge in [0.15, 0.2) is 0 Å². The highest BCUT2D eigenvalue weighted by Crippen LogP contribution is 2.18. The van der Waals surface area contributed by atoms with Gasteiger partial charge in [0.2, 0.25) is 15.9 Å². The summed E-state index contributed by atoms with van der Waals surface area (Å²) in [7, 11) is -0.751. The van der Waals surface area contributed by atoms with Crippen molar-refractivity contribution in [3.05, 3.63) is 65.2 Å². The van der Waals surface area contributed by atoms with E-state index in [1.165, 1.54) is 23.1 Å². The minimum Gasteiger partial charge on any atom is -0.347 e. The van der Waals surface area contributed by atoms with Crippen molar-refractivity contribution in [3.8, 4) is 6.07 Å². The Morgan fingerprint density at radius 3 is 2.38 bits per heavy atom. The number of nitriles is 1. The Balaban J connectivity index is 2.34. The molecule has 0 heterocycles. The number of benzene rings is 2. The fourth-order valence-corrected chi connectivity index (χ4v) is 4.03. The molecular formula is C19H21N3O3S. The maximum atomic E-state index is 12.8. The van der Waals surface area contributed by atoms with Crippen LogP contribution < -0.4 is 4.72 Å². The molecule has 0 radical (unpaired) electrons. The lowest BCUT2D eigenvalue weighted by molar-refractivity contribution is -0.130. The molecule has 0 saturated heterocycles. The molecule has 1 N–H and O–H groups in total. The summed E-state index contributed by atoms with van der Waals surface area (Å²) in [6, 6.07) is 14.6. The van der Waals surface area contributed by atoms with E-state index in [2.05, 4.69) is 4.72 Å². The van der Waals surface area contributed by atoms with Gasteiger partial charge in [0, 0.05) is 14.1 Å². The van der Waals surface area contributed by atoms with Crippen molar-refractivity contribution in [1.29, 1.82) is 5.26 Å². The summed E-state index contributed by atoms with van der Waals surface area (Å²) in [5.41, 5.74) is 1.69. The molecule has 0 aliphatic rings. The Bertz CT molecular complexity index is 932. The first-order valence-electron chi connectivity index (χ1n) is 8.03. The normalized spacial score (nSPS) is 12.2. The first-order valence-corrected chi connectivity index (χ1v) is 9.51. The number of likely N-dealkylation sites (N-methyl/N-ethyl adjacent to an activating group) is 1. The average molecular weight is 371 g/mol. The van der Waals surface area contributed by atoms with Gasteiger partial charge in [0.25, 0.3) is 0 Å². The summed E-state index contributed by atoms with van der Waals surface area (Å²) in [6.45, 7) is 1.62. The molecule has 6 nitrogen and oxygen atoms in total. The molecule has 0 bridgehead atoms. The van der Waals surface area contributed by atoms with Crippen LogP contribution >= 0.6 is 0 Å². The predicted molar refractivity (Wildman–Crippen MR) is 98.8 cm³/mol. The number of rotatable bonds is 6. The zero-order valence-electron chi connectivity index (χ0n) is 14.9. The van der Waals surface area contributed by atoms with Crippen molar-refractivity contribution >= 4 is 15.9 Å². The first kappa shape index (κ1) is 19.6. The molecule has 0 aliphatic carbocycles. The number of amides is 1. The van der Waals surface area contributed by atoms with Gasteiger partial charge in [0.1, 0.15) is 6.04 Å². The summed E-state index contributed by atoms with van der Waals surface area (Å²) in [4.78, 5) is 13.9. The van der Waals surface area contributed by atoms with E-state index in [9.17, 15) is 13.2 Å². The Labute approximate surface area is 154 Å². The lowest BCUT2D eigenvalue weighted by Crippen LogP contribution is -2.47. The van der Waals surface area contributed by atoms with E-state index in [0.29, 0.717) is 11.1 Å².